The zero-order chi connectivity index (χ0) is 23.6. The van der Waals surface area contributed by atoms with Crippen LogP contribution in [0.15, 0.2) is 94.2 Å². The molecule has 3 N–H and O–H groups in total. The molecule has 1 aromatic heterocycles. The lowest BCUT2D eigenvalue weighted by Gasteiger charge is -2.12. The molecule has 0 saturated carbocycles. The standard InChI is InChI=1S/C26H24N2O4S/c1-17-8-6-7-11-24(17)33(30,31)28-26(29)23-16-22(18(2)32-23)25(27)21-14-12-20(13-15-21)19-9-4-3-5-10-19/h3-16,25H,27H2,1-2H3,(H,28,29). The van der Waals surface area contributed by atoms with Gasteiger partial charge in [-0.2, -0.15) is 0 Å². The van der Waals surface area contributed by atoms with Crippen LogP contribution < -0.4 is 10.5 Å². The molecule has 3 aromatic carbocycles. The van der Waals surface area contributed by atoms with Gasteiger partial charge < -0.3 is 10.2 Å². The van der Waals surface area contributed by atoms with E-state index in [1.807, 2.05) is 54.6 Å². The number of hydrogen-bond acceptors (Lipinski definition) is 5. The molecule has 0 bridgehead atoms. The van der Waals surface area contributed by atoms with E-state index in [0.717, 1.165) is 16.7 Å². The maximum absolute atomic E-state index is 12.6. The van der Waals surface area contributed by atoms with Crippen molar-refractivity contribution in [1.82, 2.24) is 4.72 Å². The van der Waals surface area contributed by atoms with Gasteiger partial charge in [-0.25, -0.2) is 13.1 Å². The highest BCUT2D eigenvalue weighted by Crippen LogP contribution is 2.28. The van der Waals surface area contributed by atoms with Gasteiger partial charge in [-0.1, -0.05) is 72.8 Å². The van der Waals surface area contributed by atoms with Crippen molar-refractivity contribution >= 4 is 15.9 Å². The number of carbonyl (C=O) groups is 1. The van der Waals surface area contributed by atoms with Crippen molar-refractivity contribution in [2.75, 3.05) is 0 Å². The highest BCUT2D eigenvalue weighted by Gasteiger charge is 2.25. The van der Waals surface area contributed by atoms with Gasteiger partial charge in [0.15, 0.2) is 5.76 Å². The molecule has 4 rings (SSSR count). The van der Waals surface area contributed by atoms with Crippen LogP contribution in [0.5, 0.6) is 0 Å². The quantitative estimate of drug-likeness (QED) is 0.433. The minimum absolute atomic E-state index is 0.0389. The van der Waals surface area contributed by atoms with E-state index in [1.54, 1.807) is 32.0 Å². The molecule has 0 fully saturated rings. The molecular weight excluding hydrogens is 436 g/mol. The smallest absolute Gasteiger partial charge is 0.300 e. The second-order valence-electron chi connectivity index (χ2n) is 7.79. The fourth-order valence-corrected chi connectivity index (χ4v) is 4.90. The minimum Gasteiger partial charge on any atom is -0.456 e. The zero-order valence-corrected chi connectivity index (χ0v) is 19.1. The maximum atomic E-state index is 12.6. The van der Waals surface area contributed by atoms with E-state index in [0.29, 0.717) is 16.9 Å². The number of hydrogen-bond donors (Lipinski definition) is 2. The van der Waals surface area contributed by atoms with Gasteiger partial charge in [-0.15, -0.1) is 0 Å². The molecule has 7 heteroatoms. The lowest BCUT2D eigenvalue weighted by Crippen LogP contribution is -2.30. The summed E-state index contributed by atoms with van der Waals surface area (Å²) in [5, 5.41) is 0. The molecule has 1 amide bonds. The second-order valence-corrected chi connectivity index (χ2v) is 9.44. The van der Waals surface area contributed by atoms with Crippen LogP contribution >= 0.6 is 0 Å². The molecule has 0 saturated heterocycles. The van der Waals surface area contributed by atoms with E-state index in [-0.39, 0.29) is 10.7 Å². The Bertz CT molecular complexity index is 1390. The molecular formula is C26H24N2O4S. The van der Waals surface area contributed by atoms with Gasteiger partial charge in [-0.05, 0) is 48.2 Å². The van der Waals surface area contributed by atoms with Crippen molar-refractivity contribution in [2.45, 2.75) is 24.8 Å². The monoisotopic (exact) mass is 460 g/mol. The van der Waals surface area contributed by atoms with Gasteiger partial charge in [0.2, 0.25) is 0 Å². The average Bonchev–Trinajstić information content (AvgIpc) is 3.21. The molecule has 0 aliphatic heterocycles. The first-order chi connectivity index (χ1) is 15.8. The van der Waals surface area contributed by atoms with Crippen molar-refractivity contribution in [3.63, 3.8) is 0 Å². The SMILES string of the molecule is Cc1ccccc1S(=O)(=O)NC(=O)c1cc(C(N)c2ccc(-c3ccccc3)cc2)c(C)o1. The van der Waals surface area contributed by atoms with Gasteiger partial charge in [0.1, 0.15) is 5.76 Å². The summed E-state index contributed by atoms with van der Waals surface area (Å²) >= 11 is 0. The highest BCUT2D eigenvalue weighted by molar-refractivity contribution is 7.90. The Morgan fingerprint density at radius 1 is 0.879 bits per heavy atom. The number of nitrogens with two attached hydrogens (primary N) is 1. The Labute approximate surface area is 193 Å². The van der Waals surface area contributed by atoms with Crippen molar-refractivity contribution in [1.29, 1.82) is 0 Å². The van der Waals surface area contributed by atoms with Crippen LogP contribution in [-0.2, 0) is 10.0 Å². The summed E-state index contributed by atoms with van der Waals surface area (Å²) < 4.78 is 32.9. The Hall–Kier alpha value is -3.68. The third-order valence-electron chi connectivity index (χ3n) is 5.50. The first-order valence-electron chi connectivity index (χ1n) is 10.4. The summed E-state index contributed by atoms with van der Waals surface area (Å²) in [7, 11) is -4.04. The molecule has 0 radical (unpaired) electrons. The van der Waals surface area contributed by atoms with Crippen molar-refractivity contribution < 1.29 is 17.6 Å². The molecule has 168 valence electrons. The molecule has 1 unspecified atom stereocenters. The summed E-state index contributed by atoms with van der Waals surface area (Å²) in [5.74, 6) is -0.511. The van der Waals surface area contributed by atoms with Crippen LogP contribution in [0.25, 0.3) is 11.1 Å². The summed E-state index contributed by atoms with van der Waals surface area (Å²) in [6.45, 7) is 3.36. The number of rotatable bonds is 6. The third-order valence-corrected chi connectivity index (χ3v) is 6.99. The molecule has 1 atom stereocenters. The van der Waals surface area contributed by atoms with Crippen LogP contribution in [0.4, 0.5) is 0 Å². The Balaban J connectivity index is 1.54. The number of amides is 1. The lowest BCUT2D eigenvalue weighted by atomic mass is 9.97. The van der Waals surface area contributed by atoms with Crippen molar-refractivity contribution in [3.8, 4) is 11.1 Å². The van der Waals surface area contributed by atoms with Gasteiger partial charge >= 0.3 is 5.91 Å². The van der Waals surface area contributed by atoms with E-state index in [9.17, 15) is 13.2 Å². The van der Waals surface area contributed by atoms with E-state index < -0.39 is 22.0 Å². The third kappa shape index (κ3) is 4.74. The largest absolute Gasteiger partial charge is 0.456 e. The molecule has 0 aliphatic carbocycles. The summed E-state index contributed by atoms with van der Waals surface area (Å²) in [6.07, 6.45) is 0. The maximum Gasteiger partial charge on any atom is 0.300 e. The number of aryl methyl sites for hydroxylation is 2. The molecule has 1 heterocycles. The molecule has 4 aromatic rings. The van der Waals surface area contributed by atoms with E-state index >= 15 is 0 Å². The van der Waals surface area contributed by atoms with E-state index in [1.165, 1.54) is 12.1 Å². The fourth-order valence-electron chi connectivity index (χ4n) is 3.70. The summed E-state index contributed by atoms with van der Waals surface area (Å²) in [5.41, 5.74) is 10.6. The molecule has 0 aliphatic rings. The first kappa shape index (κ1) is 22.5. The predicted molar refractivity (Wildman–Crippen MR) is 127 cm³/mol. The van der Waals surface area contributed by atoms with Crippen LogP contribution in [0.3, 0.4) is 0 Å². The van der Waals surface area contributed by atoms with E-state index in [4.69, 9.17) is 10.2 Å². The number of benzene rings is 3. The van der Waals surface area contributed by atoms with Gasteiger partial charge in [0.25, 0.3) is 10.0 Å². The highest BCUT2D eigenvalue weighted by atomic mass is 32.2. The molecule has 0 spiro atoms. The summed E-state index contributed by atoms with van der Waals surface area (Å²) in [4.78, 5) is 12.7. The number of nitrogens with one attached hydrogen (secondary N) is 1. The number of furan rings is 1. The second kappa shape index (κ2) is 9.05. The lowest BCUT2D eigenvalue weighted by molar-refractivity contribution is 0.0953. The van der Waals surface area contributed by atoms with Gasteiger partial charge in [0, 0.05) is 5.56 Å². The Morgan fingerprint density at radius 2 is 1.48 bits per heavy atom. The number of sulfonamides is 1. The summed E-state index contributed by atoms with van der Waals surface area (Å²) in [6, 6.07) is 25.2. The molecule has 33 heavy (non-hydrogen) atoms. The van der Waals surface area contributed by atoms with E-state index in [2.05, 4.69) is 4.72 Å². The van der Waals surface area contributed by atoms with Crippen LogP contribution in [0.1, 0.15) is 39.0 Å². The fraction of sp³-hybridized carbons (Fsp3) is 0.115. The topological polar surface area (TPSA) is 102 Å². The molecule has 6 nitrogen and oxygen atoms in total. The first-order valence-corrected chi connectivity index (χ1v) is 11.9. The van der Waals surface area contributed by atoms with Crippen molar-refractivity contribution in [2.24, 2.45) is 5.73 Å². The number of carbonyl (C=O) groups excluding carboxylic acids is 1. The van der Waals surface area contributed by atoms with Crippen LogP contribution in [0.2, 0.25) is 0 Å². The Morgan fingerprint density at radius 3 is 2.15 bits per heavy atom. The average molecular weight is 461 g/mol. The van der Waals surface area contributed by atoms with Crippen LogP contribution in [-0.4, -0.2) is 14.3 Å². The zero-order valence-electron chi connectivity index (χ0n) is 18.3. The minimum atomic E-state index is -4.04. The predicted octanol–water partition coefficient (Wildman–Crippen LogP) is 4.73. The van der Waals surface area contributed by atoms with Crippen molar-refractivity contribution in [3.05, 3.63) is 113 Å². The van der Waals surface area contributed by atoms with Crippen LogP contribution in [0, 0.1) is 13.8 Å². The normalized spacial score (nSPS) is 12.3. The Kier molecular flexibility index (Phi) is 6.18. The van der Waals surface area contributed by atoms with Gasteiger partial charge in [0.05, 0.1) is 10.9 Å². The van der Waals surface area contributed by atoms with Gasteiger partial charge in [-0.3, -0.25) is 4.79 Å².